The topological polar surface area (TPSA) is 69.7 Å². The van der Waals surface area contributed by atoms with Crippen molar-refractivity contribution in [3.05, 3.63) is 41.9 Å². The van der Waals surface area contributed by atoms with Gasteiger partial charge in [-0.05, 0) is 38.0 Å². The molecule has 1 aliphatic rings. The number of para-hydroxylation sites is 1. The van der Waals surface area contributed by atoms with Gasteiger partial charge in [0, 0.05) is 31.9 Å². The number of ether oxygens (including phenoxy) is 2. The van der Waals surface area contributed by atoms with Gasteiger partial charge < -0.3 is 14.0 Å². The zero-order valence-electron chi connectivity index (χ0n) is 18.3. The van der Waals surface area contributed by atoms with Crippen molar-refractivity contribution < 1.29 is 9.47 Å². The van der Waals surface area contributed by atoms with Crippen LogP contribution in [0, 0.1) is 13.8 Å². The standard InChI is InChI=1S/C23H28N6O2/c1-16-17(2)28(10-6-9-27-11-13-31-14-12-27)22-20(16)23-25-21(26-29(23)15-24-22)18-7-4-5-8-19(18)30-3/h4-5,7-8,15H,6,9-14H2,1-3H3. The van der Waals surface area contributed by atoms with Gasteiger partial charge in [-0.2, -0.15) is 0 Å². The highest BCUT2D eigenvalue weighted by Crippen LogP contribution is 2.31. The molecule has 162 valence electrons. The number of hydrogen-bond donors (Lipinski definition) is 0. The monoisotopic (exact) mass is 420 g/mol. The highest BCUT2D eigenvalue weighted by atomic mass is 16.5. The molecule has 31 heavy (non-hydrogen) atoms. The molecule has 0 unspecified atom stereocenters. The van der Waals surface area contributed by atoms with E-state index in [1.807, 2.05) is 24.3 Å². The van der Waals surface area contributed by atoms with Gasteiger partial charge in [-0.1, -0.05) is 12.1 Å². The van der Waals surface area contributed by atoms with Crippen molar-refractivity contribution in [3.8, 4) is 17.1 Å². The predicted molar refractivity (Wildman–Crippen MR) is 120 cm³/mol. The molecule has 0 saturated carbocycles. The summed E-state index contributed by atoms with van der Waals surface area (Å²) in [5, 5.41) is 5.75. The quantitative estimate of drug-likeness (QED) is 0.477. The molecule has 0 amide bonds. The Morgan fingerprint density at radius 1 is 1.06 bits per heavy atom. The van der Waals surface area contributed by atoms with Crippen LogP contribution in [0.4, 0.5) is 0 Å². The fourth-order valence-electron chi connectivity index (χ4n) is 4.42. The second-order valence-electron chi connectivity index (χ2n) is 8.02. The number of benzene rings is 1. The lowest BCUT2D eigenvalue weighted by Crippen LogP contribution is -2.37. The maximum Gasteiger partial charge on any atom is 0.185 e. The first-order valence-electron chi connectivity index (χ1n) is 10.8. The number of fused-ring (bicyclic) bond motifs is 3. The first-order valence-corrected chi connectivity index (χ1v) is 10.8. The Bertz CT molecular complexity index is 1220. The van der Waals surface area contributed by atoms with E-state index >= 15 is 0 Å². The van der Waals surface area contributed by atoms with E-state index in [0.717, 1.165) is 73.8 Å². The summed E-state index contributed by atoms with van der Waals surface area (Å²) >= 11 is 0. The van der Waals surface area contributed by atoms with Crippen LogP contribution < -0.4 is 4.74 Å². The van der Waals surface area contributed by atoms with E-state index in [2.05, 4.69) is 28.4 Å². The van der Waals surface area contributed by atoms with Gasteiger partial charge in [-0.15, -0.1) is 5.10 Å². The number of nitrogens with zero attached hydrogens (tertiary/aromatic N) is 6. The Morgan fingerprint density at radius 3 is 2.68 bits per heavy atom. The molecule has 8 nitrogen and oxygen atoms in total. The third-order valence-electron chi connectivity index (χ3n) is 6.25. The maximum atomic E-state index is 5.50. The van der Waals surface area contributed by atoms with Gasteiger partial charge in [0.15, 0.2) is 11.5 Å². The molecular formula is C23H28N6O2. The molecule has 0 spiro atoms. The summed E-state index contributed by atoms with van der Waals surface area (Å²) in [7, 11) is 1.67. The number of rotatable bonds is 6. The molecule has 4 aromatic rings. The number of hydrogen-bond acceptors (Lipinski definition) is 6. The summed E-state index contributed by atoms with van der Waals surface area (Å²) in [4.78, 5) is 12.1. The van der Waals surface area contributed by atoms with E-state index in [4.69, 9.17) is 19.4 Å². The molecule has 1 aliphatic heterocycles. The third-order valence-corrected chi connectivity index (χ3v) is 6.25. The van der Waals surface area contributed by atoms with Crippen molar-refractivity contribution in [2.75, 3.05) is 40.0 Å². The summed E-state index contributed by atoms with van der Waals surface area (Å²) in [6, 6.07) is 7.82. The zero-order chi connectivity index (χ0) is 21.4. The van der Waals surface area contributed by atoms with Crippen LogP contribution in [0.1, 0.15) is 17.7 Å². The average Bonchev–Trinajstić information content (AvgIpc) is 3.34. The molecule has 5 rings (SSSR count). The van der Waals surface area contributed by atoms with E-state index in [0.29, 0.717) is 5.82 Å². The maximum absolute atomic E-state index is 5.50. The lowest BCUT2D eigenvalue weighted by Gasteiger charge is -2.26. The minimum Gasteiger partial charge on any atom is -0.496 e. The van der Waals surface area contributed by atoms with Crippen molar-refractivity contribution in [2.24, 2.45) is 0 Å². The Hall–Kier alpha value is -2.97. The Morgan fingerprint density at radius 2 is 1.87 bits per heavy atom. The average molecular weight is 421 g/mol. The molecular weight excluding hydrogens is 392 g/mol. The highest BCUT2D eigenvalue weighted by Gasteiger charge is 2.19. The molecule has 0 bridgehead atoms. The van der Waals surface area contributed by atoms with Crippen molar-refractivity contribution >= 4 is 16.7 Å². The second kappa shape index (κ2) is 8.28. The molecule has 0 radical (unpaired) electrons. The van der Waals surface area contributed by atoms with Crippen LogP contribution in [-0.4, -0.2) is 69.0 Å². The van der Waals surface area contributed by atoms with E-state index in [9.17, 15) is 0 Å². The molecule has 3 aromatic heterocycles. The largest absolute Gasteiger partial charge is 0.496 e. The van der Waals surface area contributed by atoms with E-state index < -0.39 is 0 Å². The normalized spacial score (nSPS) is 15.2. The van der Waals surface area contributed by atoms with Crippen LogP contribution in [0.3, 0.4) is 0 Å². The van der Waals surface area contributed by atoms with Crippen LogP contribution in [0.5, 0.6) is 5.75 Å². The van der Waals surface area contributed by atoms with Gasteiger partial charge in [0.25, 0.3) is 0 Å². The molecule has 0 N–H and O–H groups in total. The van der Waals surface area contributed by atoms with Crippen molar-refractivity contribution in [1.82, 2.24) is 29.0 Å². The molecule has 1 fully saturated rings. The summed E-state index contributed by atoms with van der Waals surface area (Å²) in [6.07, 6.45) is 2.84. The lowest BCUT2D eigenvalue weighted by molar-refractivity contribution is 0.0369. The van der Waals surface area contributed by atoms with Crippen molar-refractivity contribution in [2.45, 2.75) is 26.8 Å². The van der Waals surface area contributed by atoms with Gasteiger partial charge in [0.05, 0.1) is 31.3 Å². The van der Waals surface area contributed by atoms with Gasteiger partial charge in [-0.25, -0.2) is 14.5 Å². The molecule has 4 heterocycles. The van der Waals surface area contributed by atoms with Crippen LogP contribution in [0.15, 0.2) is 30.6 Å². The summed E-state index contributed by atoms with van der Waals surface area (Å²) in [5.74, 6) is 1.40. The number of aromatic nitrogens is 5. The van der Waals surface area contributed by atoms with E-state index in [1.165, 1.54) is 11.3 Å². The minimum absolute atomic E-state index is 0.642. The van der Waals surface area contributed by atoms with Crippen LogP contribution in [0.2, 0.25) is 0 Å². The molecule has 0 aliphatic carbocycles. The number of methoxy groups -OCH3 is 1. The summed E-state index contributed by atoms with van der Waals surface area (Å²) in [6.45, 7) is 10.0. The minimum atomic E-state index is 0.642. The molecule has 8 heteroatoms. The van der Waals surface area contributed by atoms with Crippen LogP contribution in [0.25, 0.3) is 28.1 Å². The van der Waals surface area contributed by atoms with Crippen LogP contribution in [-0.2, 0) is 11.3 Å². The fraction of sp³-hybridized carbons (Fsp3) is 0.435. The van der Waals surface area contributed by atoms with E-state index in [1.54, 1.807) is 18.0 Å². The summed E-state index contributed by atoms with van der Waals surface area (Å²) < 4.78 is 15.1. The molecule has 0 atom stereocenters. The van der Waals surface area contributed by atoms with Gasteiger partial charge in [0.2, 0.25) is 0 Å². The van der Waals surface area contributed by atoms with Crippen molar-refractivity contribution in [3.63, 3.8) is 0 Å². The predicted octanol–water partition coefficient (Wildman–Crippen LogP) is 3.09. The van der Waals surface area contributed by atoms with Gasteiger partial charge in [-0.3, -0.25) is 4.90 Å². The number of aryl methyl sites for hydroxylation is 2. The second-order valence-corrected chi connectivity index (χ2v) is 8.02. The van der Waals surface area contributed by atoms with Crippen LogP contribution >= 0.6 is 0 Å². The Labute approximate surface area is 181 Å². The van der Waals surface area contributed by atoms with Gasteiger partial charge in [0.1, 0.15) is 17.7 Å². The van der Waals surface area contributed by atoms with Crippen molar-refractivity contribution in [1.29, 1.82) is 0 Å². The Balaban J connectivity index is 1.50. The van der Waals surface area contributed by atoms with Gasteiger partial charge >= 0.3 is 0 Å². The van der Waals surface area contributed by atoms with E-state index in [-0.39, 0.29) is 0 Å². The zero-order valence-corrected chi connectivity index (χ0v) is 18.3. The molecule has 1 saturated heterocycles. The number of morpholine rings is 1. The SMILES string of the molecule is COc1ccccc1-c1nc2c3c(C)c(C)n(CCCN4CCOCC4)c3ncn2n1. The lowest BCUT2D eigenvalue weighted by atomic mass is 10.2. The molecule has 1 aromatic carbocycles. The summed E-state index contributed by atoms with van der Waals surface area (Å²) in [5.41, 5.74) is 5.13. The first-order chi connectivity index (χ1) is 15.2. The smallest absolute Gasteiger partial charge is 0.185 e. The fourth-order valence-corrected chi connectivity index (χ4v) is 4.42. The highest BCUT2D eigenvalue weighted by molar-refractivity contribution is 5.94. The third kappa shape index (κ3) is 3.55. The Kier molecular flexibility index (Phi) is 5.33. The first kappa shape index (κ1) is 20.0.